The Kier molecular flexibility index (Phi) is 7.70. The van der Waals surface area contributed by atoms with Crippen molar-refractivity contribution < 1.29 is 4.79 Å². The highest BCUT2D eigenvalue weighted by Crippen LogP contribution is 2.22. The van der Waals surface area contributed by atoms with Crippen LogP contribution in [0.3, 0.4) is 0 Å². The molecule has 0 unspecified atom stereocenters. The average molecular weight is 454 g/mol. The van der Waals surface area contributed by atoms with E-state index in [1.54, 1.807) is 11.8 Å². The molecule has 8 heteroatoms. The largest absolute Gasteiger partial charge is 0.342 e. The molecule has 0 bridgehead atoms. The molecule has 0 aliphatic carbocycles. The first kappa shape index (κ1) is 18.3. The van der Waals surface area contributed by atoms with Gasteiger partial charge in [0.25, 0.3) is 0 Å². The Bertz CT molecular complexity index is 489. The van der Waals surface area contributed by atoms with Crippen LogP contribution in [0, 0.1) is 5.92 Å². The van der Waals surface area contributed by atoms with Crippen LogP contribution >= 0.6 is 43.6 Å². The molecule has 1 aliphatic rings. The Morgan fingerprint density at radius 2 is 2.05 bits per heavy atom. The lowest BCUT2D eigenvalue weighted by Gasteiger charge is -2.32. The molecule has 0 radical (unpaired) electrons. The van der Waals surface area contributed by atoms with Crippen LogP contribution in [0.4, 0.5) is 0 Å². The highest BCUT2D eigenvalue weighted by molar-refractivity contribution is 9.09. The van der Waals surface area contributed by atoms with E-state index in [-0.39, 0.29) is 5.91 Å². The lowest BCUT2D eigenvalue weighted by Crippen LogP contribution is -2.40. The first-order valence-corrected chi connectivity index (χ1v) is 11.0. The van der Waals surface area contributed by atoms with E-state index in [9.17, 15) is 4.79 Å². The second-order valence-electron chi connectivity index (χ2n) is 5.39. The predicted molar refractivity (Wildman–Crippen MR) is 97.6 cm³/mol. The third-order valence-electron chi connectivity index (χ3n) is 4.00. The molecule has 0 aromatic carbocycles. The van der Waals surface area contributed by atoms with Gasteiger partial charge < -0.3 is 4.90 Å². The number of halogens is 2. The molecule has 1 aromatic heterocycles. The van der Waals surface area contributed by atoms with Crippen molar-refractivity contribution in [1.82, 2.24) is 19.9 Å². The molecular weight excluding hydrogens is 432 g/mol. The Labute approximate surface area is 152 Å². The topological polar surface area (TPSA) is 51.0 Å². The summed E-state index contributed by atoms with van der Waals surface area (Å²) in [7, 11) is 0. The number of rotatable bonds is 7. The molecule has 124 valence electrons. The van der Waals surface area contributed by atoms with Crippen molar-refractivity contribution in [2.24, 2.45) is 5.92 Å². The maximum atomic E-state index is 12.0. The Balaban J connectivity index is 1.85. The maximum Gasteiger partial charge on any atom is 0.232 e. The second-order valence-corrected chi connectivity index (χ2v) is 7.79. The minimum Gasteiger partial charge on any atom is -0.342 e. The molecule has 2 rings (SSSR count). The van der Waals surface area contributed by atoms with Gasteiger partial charge in [0.05, 0.1) is 17.1 Å². The lowest BCUT2D eigenvalue weighted by atomic mass is 9.97. The normalized spacial score (nSPS) is 16.2. The van der Waals surface area contributed by atoms with Crippen molar-refractivity contribution in [2.45, 2.75) is 37.0 Å². The zero-order valence-electron chi connectivity index (χ0n) is 12.8. The highest BCUT2D eigenvalue weighted by atomic mass is 79.9. The SMILES string of the molecule is CCSCC(=O)N1CCC(Cn2nnc(CBr)c2CBr)CC1. The molecule has 0 N–H and O–H groups in total. The molecule has 1 amide bonds. The van der Waals surface area contributed by atoms with Gasteiger partial charge in [-0.3, -0.25) is 4.79 Å². The summed E-state index contributed by atoms with van der Waals surface area (Å²) in [6.45, 7) is 4.73. The third-order valence-corrected chi connectivity index (χ3v) is 5.92. The van der Waals surface area contributed by atoms with Crippen LogP contribution in [0.2, 0.25) is 0 Å². The van der Waals surface area contributed by atoms with E-state index >= 15 is 0 Å². The van der Waals surface area contributed by atoms with Crippen LogP contribution in [0.5, 0.6) is 0 Å². The Morgan fingerprint density at radius 3 is 2.64 bits per heavy atom. The third kappa shape index (κ3) is 4.71. The molecule has 22 heavy (non-hydrogen) atoms. The monoisotopic (exact) mass is 452 g/mol. The van der Waals surface area contributed by atoms with Crippen molar-refractivity contribution in [1.29, 1.82) is 0 Å². The van der Waals surface area contributed by atoms with Crippen molar-refractivity contribution >= 4 is 49.5 Å². The average Bonchev–Trinajstić information content (AvgIpc) is 2.95. The molecule has 1 fully saturated rings. The standard InChI is InChI=1S/C14H22Br2N4OS/c1-2-22-10-14(21)19-5-3-11(4-6-19)9-20-13(8-16)12(7-15)17-18-20/h11H,2-10H2,1H3. The minimum atomic E-state index is 0.286. The summed E-state index contributed by atoms with van der Waals surface area (Å²) in [5.41, 5.74) is 2.15. The van der Waals surface area contributed by atoms with E-state index in [1.165, 1.54) is 0 Å². The van der Waals surface area contributed by atoms with Crippen molar-refractivity contribution in [3.05, 3.63) is 11.4 Å². The fraction of sp³-hybridized carbons (Fsp3) is 0.786. The summed E-state index contributed by atoms with van der Waals surface area (Å²) in [6.07, 6.45) is 2.10. The summed E-state index contributed by atoms with van der Waals surface area (Å²) in [6, 6.07) is 0. The van der Waals surface area contributed by atoms with E-state index < -0.39 is 0 Å². The maximum absolute atomic E-state index is 12.0. The van der Waals surface area contributed by atoms with Gasteiger partial charge in [-0.25, -0.2) is 4.68 Å². The van der Waals surface area contributed by atoms with Gasteiger partial charge in [0, 0.05) is 30.3 Å². The van der Waals surface area contributed by atoms with Gasteiger partial charge >= 0.3 is 0 Å². The zero-order valence-corrected chi connectivity index (χ0v) is 16.8. The van der Waals surface area contributed by atoms with Crippen LogP contribution in [0.1, 0.15) is 31.2 Å². The number of carbonyl (C=O) groups is 1. The zero-order chi connectivity index (χ0) is 15.9. The second kappa shape index (κ2) is 9.27. The number of carbonyl (C=O) groups excluding carboxylic acids is 1. The van der Waals surface area contributed by atoms with Crippen LogP contribution in [0.15, 0.2) is 0 Å². The van der Waals surface area contributed by atoms with E-state index in [0.717, 1.165) is 60.3 Å². The molecule has 1 aliphatic heterocycles. The van der Waals surface area contributed by atoms with Gasteiger partial charge in [0.1, 0.15) is 0 Å². The summed E-state index contributed by atoms with van der Waals surface area (Å²) in [5, 5.41) is 9.99. The number of piperidine rings is 1. The smallest absolute Gasteiger partial charge is 0.232 e. The Hall–Kier alpha value is -0.0800. The first-order chi connectivity index (χ1) is 10.7. The summed E-state index contributed by atoms with van der Waals surface area (Å²) in [4.78, 5) is 14.0. The number of hydrogen-bond donors (Lipinski definition) is 0. The van der Waals surface area contributed by atoms with Crippen molar-refractivity contribution in [2.75, 3.05) is 24.6 Å². The number of aromatic nitrogens is 3. The molecule has 0 atom stereocenters. The quantitative estimate of drug-likeness (QED) is 0.595. The van der Waals surface area contributed by atoms with Gasteiger partial charge in [-0.05, 0) is 24.5 Å². The summed E-state index contributed by atoms with van der Waals surface area (Å²) >= 11 is 8.67. The number of amides is 1. The van der Waals surface area contributed by atoms with Gasteiger partial charge in [0.15, 0.2) is 0 Å². The van der Waals surface area contributed by atoms with Crippen LogP contribution in [-0.2, 0) is 22.0 Å². The fourth-order valence-corrected chi connectivity index (χ4v) is 4.27. The van der Waals surface area contributed by atoms with Crippen LogP contribution < -0.4 is 0 Å². The number of nitrogens with zero attached hydrogens (tertiary/aromatic N) is 4. The molecule has 5 nitrogen and oxygen atoms in total. The van der Waals surface area contributed by atoms with Gasteiger partial charge in [-0.1, -0.05) is 44.0 Å². The van der Waals surface area contributed by atoms with Crippen LogP contribution in [-0.4, -0.2) is 50.4 Å². The summed E-state index contributed by atoms with van der Waals surface area (Å²) in [5.74, 6) is 2.48. The van der Waals surface area contributed by atoms with Gasteiger partial charge in [-0.15, -0.1) is 5.10 Å². The summed E-state index contributed by atoms with van der Waals surface area (Å²) < 4.78 is 2.01. The van der Waals surface area contributed by atoms with E-state index in [4.69, 9.17) is 0 Å². The molecule has 0 spiro atoms. The van der Waals surface area contributed by atoms with E-state index in [0.29, 0.717) is 11.7 Å². The number of hydrogen-bond acceptors (Lipinski definition) is 4. The molecule has 0 saturated carbocycles. The number of alkyl halides is 2. The van der Waals surface area contributed by atoms with Gasteiger partial charge in [0.2, 0.25) is 5.91 Å². The van der Waals surface area contributed by atoms with Crippen LogP contribution in [0.25, 0.3) is 0 Å². The molecule has 1 aromatic rings. The lowest BCUT2D eigenvalue weighted by molar-refractivity contribution is -0.129. The predicted octanol–water partition coefficient (Wildman–Crippen LogP) is 3.06. The van der Waals surface area contributed by atoms with E-state index in [1.807, 2.05) is 9.58 Å². The fourth-order valence-electron chi connectivity index (χ4n) is 2.66. The van der Waals surface area contributed by atoms with Crippen molar-refractivity contribution in [3.8, 4) is 0 Å². The number of thioether (sulfide) groups is 1. The molecule has 1 saturated heterocycles. The molecule has 2 heterocycles. The first-order valence-electron chi connectivity index (χ1n) is 7.58. The van der Waals surface area contributed by atoms with E-state index in [2.05, 4.69) is 49.1 Å². The van der Waals surface area contributed by atoms with Gasteiger partial charge in [-0.2, -0.15) is 11.8 Å². The minimum absolute atomic E-state index is 0.286. The number of likely N-dealkylation sites (tertiary alicyclic amines) is 1. The highest BCUT2D eigenvalue weighted by Gasteiger charge is 2.24. The Morgan fingerprint density at radius 1 is 1.32 bits per heavy atom. The molecular formula is C14H22Br2N4OS. The van der Waals surface area contributed by atoms with Crippen molar-refractivity contribution in [3.63, 3.8) is 0 Å².